The molecule has 6 nitrogen and oxygen atoms in total. The van der Waals surface area contributed by atoms with E-state index < -0.39 is 11.0 Å². The van der Waals surface area contributed by atoms with Gasteiger partial charge in [0, 0.05) is 7.11 Å². The number of hydrogen-bond acceptors (Lipinski definition) is 6. The average molecular weight is 294 g/mol. The minimum absolute atomic E-state index is 0.290. The monoisotopic (exact) mass is 294 g/mol. The first-order valence-electron chi connectivity index (χ1n) is 7.54. The zero-order valence-corrected chi connectivity index (χ0v) is 12.8. The highest BCUT2D eigenvalue weighted by molar-refractivity contribution is 5.85. The lowest BCUT2D eigenvalue weighted by molar-refractivity contribution is -0.144. The van der Waals surface area contributed by atoms with E-state index in [1.54, 1.807) is 7.11 Å². The first kappa shape index (κ1) is 14.5. The fraction of sp³-hybridized carbons (Fsp3) is 0.800. The van der Waals surface area contributed by atoms with Crippen LogP contribution >= 0.6 is 0 Å². The van der Waals surface area contributed by atoms with E-state index in [9.17, 15) is 4.79 Å². The number of aromatic nitrogens is 2. The molecule has 2 aliphatic rings. The molecule has 0 atom stereocenters. The lowest BCUT2D eigenvalue weighted by atomic mass is 9.79. The van der Waals surface area contributed by atoms with E-state index in [-0.39, 0.29) is 5.97 Å². The molecule has 21 heavy (non-hydrogen) atoms. The summed E-state index contributed by atoms with van der Waals surface area (Å²) in [5.74, 6) is 1.35. The molecule has 0 amide bonds. The minimum atomic E-state index is -0.711. The number of carbonyl (C=O) groups excluding carboxylic acids is 1. The predicted octanol–water partition coefficient (Wildman–Crippen LogP) is 2.33. The van der Waals surface area contributed by atoms with E-state index in [2.05, 4.69) is 17.1 Å². The molecule has 1 aromatic rings. The van der Waals surface area contributed by atoms with Crippen molar-refractivity contribution in [1.82, 2.24) is 10.1 Å². The molecule has 2 fully saturated rings. The van der Waals surface area contributed by atoms with Crippen LogP contribution in [-0.4, -0.2) is 30.3 Å². The molecular weight excluding hydrogens is 272 g/mol. The molecule has 2 aliphatic carbocycles. The number of nitrogens with zero attached hydrogens (tertiary/aromatic N) is 2. The summed E-state index contributed by atoms with van der Waals surface area (Å²) in [5, 5.41) is 4.11. The van der Waals surface area contributed by atoms with Crippen molar-refractivity contribution in [2.24, 2.45) is 5.92 Å². The highest BCUT2D eigenvalue weighted by Crippen LogP contribution is 2.49. The molecule has 0 spiro atoms. The van der Waals surface area contributed by atoms with E-state index >= 15 is 0 Å². The fourth-order valence-electron chi connectivity index (χ4n) is 3.18. The van der Waals surface area contributed by atoms with E-state index in [1.165, 1.54) is 7.11 Å². The van der Waals surface area contributed by atoms with Crippen LogP contribution in [-0.2, 0) is 25.3 Å². The summed E-state index contributed by atoms with van der Waals surface area (Å²) >= 11 is 0. The fourth-order valence-corrected chi connectivity index (χ4v) is 3.18. The lowest BCUT2D eigenvalue weighted by Crippen LogP contribution is -2.34. The van der Waals surface area contributed by atoms with E-state index in [1.807, 2.05) is 0 Å². The summed E-state index contributed by atoms with van der Waals surface area (Å²) in [4.78, 5) is 16.4. The maximum atomic E-state index is 11.9. The number of ether oxygens (including phenoxy) is 2. The summed E-state index contributed by atoms with van der Waals surface area (Å²) < 4.78 is 16.0. The lowest BCUT2D eigenvalue weighted by Gasteiger charge is -2.35. The quantitative estimate of drug-likeness (QED) is 0.793. The third-order valence-electron chi connectivity index (χ3n) is 5.04. The Morgan fingerprint density at radius 1 is 1.24 bits per heavy atom. The summed E-state index contributed by atoms with van der Waals surface area (Å²) in [6, 6.07) is 0. The second kappa shape index (κ2) is 5.09. The molecule has 3 rings (SSSR count). The molecule has 0 saturated heterocycles. The number of methoxy groups -OCH3 is 2. The number of carbonyl (C=O) groups is 1. The molecule has 0 bridgehead atoms. The zero-order chi connectivity index (χ0) is 15.1. The van der Waals surface area contributed by atoms with Crippen molar-refractivity contribution in [3.63, 3.8) is 0 Å². The molecule has 0 radical (unpaired) electrons. The van der Waals surface area contributed by atoms with Gasteiger partial charge < -0.3 is 14.0 Å². The molecular formula is C15H22N2O4. The van der Waals surface area contributed by atoms with Crippen molar-refractivity contribution in [3.05, 3.63) is 11.7 Å². The number of rotatable bonds is 4. The van der Waals surface area contributed by atoms with Gasteiger partial charge in [0.2, 0.25) is 11.7 Å². The van der Waals surface area contributed by atoms with Crippen LogP contribution in [0.15, 0.2) is 4.52 Å². The molecule has 0 N–H and O–H groups in total. The van der Waals surface area contributed by atoms with Crippen LogP contribution in [0.1, 0.15) is 57.2 Å². The van der Waals surface area contributed by atoms with Gasteiger partial charge in [-0.05, 0) is 44.4 Å². The van der Waals surface area contributed by atoms with Crippen molar-refractivity contribution in [2.75, 3.05) is 14.2 Å². The molecule has 2 saturated carbocycles. The molecule has 0 unspecified atom stereocenters. The molecule has 1 aromatic heterocycles. The Bertz CT molecular complexity index is 528. The summed E-state index contributed by atoms with van der Waals surface area (Å²) in [7, 11) is 3.08. The second-order valence-corrected chi connectivity index (χ2v) is 6.38. The van der Waals surface area contributed by atoms with Gasteiger partial charge in [0.05, 0.1) is 7.11 Å². The van der Waals surface area contributed by atoms with Crippen molar-refractivity contribution < 1.29 is 18.8 Å². The smallest absolute Gasteiger partial charge is 0.321 e. The van der Waals surface area contributed by atoms with Crippen molar-refractivity contribution >= 4 is 5.97 Å². The van der Waals surface area contributed by atoms with Crippen LogP contribution in [0.2, 0.25) is 0 Å². The Morgan fingerprint density at radius 2 is 1.90 bits per heavy atom. The van der Waals surface area contributed by atoms with E-state index in [0.29, 0.717) is 30.5 Å². The molecule has 1 heterocycles. The minimum Gasteiger partial charge on any atom is -0.468 e. The van der Waals surface area contributed by atoms with E-state index in [0.717, 1.165) is 25.7 Å². The normalized spacial score (nSPS) is 30.9. The van der Waals surface area contributed by atoms with Gasteiger partial charge in [0.25, 0.3) is 0 Å². The van der Waals surface area contributed by atoms with Gasteiger partial charge in [0.1, 0.15) is 11.0 Å². The number of hydrogen-bond donors (Lipinski definition) is 0. The maximum Gasteiger partial charge on any atom is 0.321 e. The van der Waals surface area contributed by atoms with Gasteiger partial charge >= 0.3 is 5.97 Å². The maximum absolute atomic E-state index is 11.9. The Balaban J connectivity index is 1.86. The Morgan fingerprint density at radius 3 is 2.43 bits per heavy atom. The van der Waals surface area contributed by atoms with Crippen LogP contribution in [0.5, 0.6) is 0 Å². The van der Waals surface area contributed by atoms with Crippen molar-refractivity contribution in [1.29, 1.82) is 0 Å². The summed E-state index contributed by atoms with van der Waals surface area (Å²) in [6.45, 7) is 2.25. The first-order valence-corrected chi connectivity index (χ1v) is 7.54. The second-order valence-electron chi connectivity index (χ2n) is 6.38. The van der Waals surface area contributed by atoms with Crippen LogP contribution in [0, 0.1) is 5.92 Å². The Labute approximate surface area is 124 Å². The third-order valence-corrected chi connectivity index (χ3v) is 5.04. The van der Waals surface area contributed by atoms with Crippen LogP contribution in [0.25, 0.3) is 0 Å². The summed E-state index contributed by atoms with van der Waals surface area (Å²) in [6.07, 6.45) is 5.35. The largest absolute Gasteiger partial charge is 0.468 e. The van der Waals surface area contributed by atoms with Gasteiger partial charge in [-0.25, -0.2) is 0 Å². The molecule has 6 heteroatoms. The van der Waals surface area contributed by atoms with Gasteiger partial charge in [-0.15, -0.1) is 0 Å². The first-order chi connectivity index (χ1) is 10.1. The predicted molar refractivity (Wildman–Crippen MR) is 73.5 cm³/mol. The van der Waals surface area contributed by atoms with Crippen molar-refractivity contribution in [3.8, 4) is 0 Å². The third kappa shape index (κ3) is 2.25. The SMILES string of the molecule is COC(=O)C1(c2nc(C3(OC)CCC(C)CC3)no2)CC1. The van der Waals surface area contributed by atoms with Gasteiger partial charge in [-0.2, -0.15) is 4.98 Å². The highest BCUT2D eigenvalue weighted by Gasteiger charge is 2.58. The Kier molecular flexibility index (Phi) is 3.51. The van der Waals surface area contributed by atoms with E-state index in [4.69, 9.17) is 14.0 Å². The van der Waals surface area contributed by atoms with Crippen LogP contribution in [0.4, 0.5) is 0 Å². The van der Waals surface area contributed by atoms with Crippen LogP contribution < -0.4 is 0 Å². The standard InChI is InChI=1S/C15H22N2O4/c1-10-4-6-15(20-3,7-5-10)11-16-12(21-17-11)14(8-9-14)13(18)19-2/h10H,4-9H2,1-3H3. The van der Waals surface area contributed by atoms with Gasteiger partial charge in [-0.3, -0.25) is 4.79 Å². The van der Waals surface area contributed by atoms with Crippen molar-refractivity contribution in [2.45, 2.75) is 56.5 Å². The molecule has 0 aliphatic heterocycles. The van der Waals surface area contributed by atoms with Gasteiger partial charge in [-0.1, -0.05) is 12.1 Å². The number of esters is 1. The zero-order valence-electron chi connectivity index (χ0n) is 12.8. The molecule has 116 valence electrons. The topological polar surface area (TPSA) is 74.5 Å². The van der Waals surface area contributed by atoms with Crippen LogP contribution in [0.3, 0.4) is 0 Å². The van der Waals surface area contributed by atoms with Gasteiger partial charge in [0.15, 0.2) is 0 Å². The Hall–Kier alpha value is -1.43. The highest BCUT2D eigenvalue weighted by atomic mass is 16.5. The summed E-state index contributed by atoms with van der Waals surface area (Å²) in [5.41, 5.74) is -1.18. The molecule has 0 aromatic carbocycles. The average Bonchev–Trinajstić information content (AvgIpc) is 3.18.